The van der Waals surface area contributed by atoms with Crippen molar-refractivity contribution < 1.29 is 9.50 Å². The average Bonchev–Trinajstić information content (AvgIpc) is 2.22. The number of aliphatic hydroxyl groups excluding tert-OH is 1. The van der Waals surface area contributed by atoms with Gasteiger partial charge in [-0.25, -0.2) is 14.4 Å². The molecule has 0 aliphatic rings. The van der Waals surface area contributed by atoms with Gasteiger partial charge in [0.2, 0.25) is 0 Å². The number of aliphatic imine (C=N–C) groups is 1. The number of aromatic nitrogens is 1. The summed E-state index contributed by atoms with van der Waals surface area (Å²) in [6, 6.07) is 2.68. The molecule has 0 spiro atoms. The predicted octanol–water partition coefficient (Wildman–Crippen LogP) is 0.758. The third-order valence-corrected chi connectivity index (χ3v) is 1.47. The lowest BCUT2D eigenvalue weighted by Crippen LogP contribution is -1.95. The predicted molar refractivity (Wildman–Crippen MR) is 51.7 cm³/mol. The van der Waals surface area contributed by atoms with Crippen LogP contribution >= 0.6 is 0 Å². The van der Waals surface area contributed by atoms with Crippen molar-refractivity contribution in [2.45, 2.75) is 0 Å². The zero-order valence-electron chi connectivity index (χ0n) is 7.39. The first-order chi connectivity index (χ1) is 6.76. The Labute approximate surface area is 80.6 Å². The third kappa shape index (κ3) is 2.95. The molecule has 0 aromatic carbocycles. The molecule has 1 aromatic heterocycles. The first kappa shape index (κ1) is 10.3. The SMILES string of the molecule is NC=C(C=Nc1ccc(F)cn1)CO. The molecule has 0 unspecified atom stereocenters. The molecule has 14 heavy (non-hydrogen) atoms. The van der Waals surface area contributed by atoms with Gasteiger partial charge in [0, 0.05) is 18.0 Å². The first-order valence-corrected chi connectivity index (χ1v) is 3.93. The lowest BCUT2D eigenvalue weighted by atomic mass is 10.3. The van der Waals surface area contributed by atoms with Crippen molar-refractivity contribution in [1.29, 1.82) is 0 Å². The van der Waals surface area contributed by atoms with Crippen LogP contribution in [0.25, 0.3) is 0 Å². The standard InChI is InChI=1S/C9H10FN3O/c10-8-1-2-9(13-5-8)12-4-7(3-11)6-14/h1-5,14H,6,11H2. The molecule has 4 nitrogen and oxygen atoms in total. The number of rotatable bonds is 3. The fourth-order valence-corrected chi connectivity index (χ4v) is 0.730. The van der Waals surface area contributed by atoms with E-state index in [1.54, 1.807) is 0 Å². The Hall–Kier alpha value is -1.75. The van der Waals surface area contributed by atoms with Gasteiger partial charge in [0.25, 0.3) is 0 Å². The quantitative estimate of drug-likeness (QED) is 0.699. The second-order valence-corrected chi connectivity index (χ2v) is 2.49. The molecular weight excluding hydrogens is 185 g/mol. The van der Waals surface area contributed by atoms with Crippen LogP contribution in [0.2, 0.25) is 0 Å². The van der Waals surface area contributed by atoms with E-state index < -0.39 is 5.82 Å². The first-order valence-electron chi connectivity index (χ1n) is 3.93. The largest absolute Gasteiger partial charge is 0.404 e. The summed E-state index contributed by atoms with van der Waals surface area (Å²) in [5.74, 6) is -0.0556. The molecule has 1 aromatic rings. The molecule has 1 heterocycles. The highest BCUT2D eigenvalue weighted by molar-refractivity contribution is 5.80. The van der Waals surface area contributed by atoms with Crippen LogP contribution in [0.3, 0.4) is 0 Å². The second-order valence-electron chi connectivity index (χ2n) is 2.49. The van der Waals surface area contributed by atoms with E-state index >= 15 is 0 Å². The van der Waals surface area contributed by atoms with Crippen LogP contribution in [0, 0.1) is 5.82 Å². The molecule has 0 atom stereocenters. The molecule has 0 radical (unpaired) electrons. The van der Waals surface area contributed by atoms with Crippen molar-refractivity contribution in [2.75, 3.05) is 6.61 Å². The highest BCUT2D eigenvalue weighted by Gasteiger charge is 1.92. The normalized spacial score (nSPS) is 12.3. The minimum Gasteiger partial charge on any atom is -0.404 e. The van der Waals surface area contributed by atoms with Gasteiger partial charge in [-0.3, -0.25) is 0 Å². The Kier molecular flexibility index (Phi) is 3.75. The summed E-state index contributed by atoms with van der Waals surface area (Å²) in [6.07, 6.45) is 3.69. The van der Waals surface area contributed by atoms with Crippen LogP contribution in [0.1, 0.15) is 0 Å². The lowest BCUT2D eigenvalue weighted by Gasteiger charge is -1.94. The molecule has 0 bridgehead atoms. The molecule has 74 valence electrons. The minimum absolute atomic E-state index is 0.193. The number of aliphatic hydroxyl groups is 1. The molecule has 1 rings (SSSR count). The van der Waals surface area contributed by atoms with Gasteiger partial charge < -0.3 is 10.8 Å². The number of hydrogen-bond donors (Lipinski definition) is 2. The van der Waals surface area contributed by atoms with Gasteiger partial charge in [0.15, 0.2) is 5.82 Å². The molecule has 0 amide bonds. The molecule has 5 heteroatoms. The monoisotopic (exact) mass is 195 g/mol. The minimum atomic E-state index is -0.416. The number of hydrogen-bond acceptors (Lipinski definition) is 4. The van der Waals surface area contributed by atoms with Crippen LogP contribution in [-0.2, 0) is 0 Å². The Morgan fingerprint density at radius 1 is 1.64 bits per heavy atom. The summed E-state index contributed by atoms with van der Waals surface area (Å²) in [6.45, 7) is -0.193. The fraction of sp³-hybridized carbons (Fsp3) is 0.111. The fourth-order valence-electron chi connectivity index (χ4n) is 0.730. The van der Waals surface area contributed by atoms with Crippen LogP contribution in [-0.4, -0.2) is 22.9 Å². The third-order valence-electron chi connectivity index (χ3n) is 1.47. The lowest BCUT2D eigenvalue weighted by molar-refractivity contribution is 0.337. The Morgan fingerprint density at radius 2 is 2.43 bits per heavy atom. The van der Waals surface area contributed by atoms with Crippen LogP contribution in [0.5, 0.6) is 0 Å². The summed E-state index contributed by atoms with van der Waals surface area (Å²) < 4.78 is 12.4. The molecule has 0 aliphatic heterocycles. The van der Waals surface area contributed by atoms with E-state index in [2.05, 4.69) is 9.98 Å². The maximum absolute atomic E-state index is 12.4. The van der Waals surface area contributed by atoms with E-state index in [9.17, 15) is 4.39 Å². The van der Waals surface area contributed by atoms with Crippen molar-refractivity contribution in [1.82, 2.24) is 4.98 Å². The van der Waals surface area contributed by atoms with Gasteiger partial charge in [0.05, 0.1) is 12.8 Å². The highest BCUT2D eigenvalue weighted by atomic mass is 19.1. The van der Waals surface area contributed by atoms with Gasteiger partial charge in [-0.2, -0.15) is 0 Å². The summed E-state index contributed by atoms with van der Waals surface area (Å²) in [7, 11) is 0. The number of pyridine rings is 1. The van der Waals surface area contributed by atoms with Gasteiger partial charge in [-0.15, -0.1) is 0 Å². The van der Waals surface area contributed by atoms with E-state index in [1.807, 2.05) is 0 Å². The smallest absolute Gasteiger partial charge is 0.151 e. The van der Waals surface area contributed by atoms with Crippen molar-refractivity contribution in [3.8, 4) is 0 Å². The number of halogens is 1. The number of nitrogens with zero attached hydrogens (tertiary/aromatic N) is 2. The van der Waals surface area contributed by atoms with Crippen molar-refractivity contribution >= 4 is 12.0 Å². The Bertz CT molecular complexity index is 346. The summed E-state index contributed by atoms with van der Waals surface area (Å²) >= 11 is 0. The number of nitrogens with two attached hydrogens (primary N) is 1. The highest BCUT2D eigenvalue weighted by Crippen LogP contribution is 2.07. The average molecular weight is 195 g/mol. The van der Waals surface area contributed by atoms with E-state index in [-0.39, 0.29) is 6.61 Å². The van der Waals surface area contributed by atoms with Crippen molar-refractivity contribution in [3.63, 3.8) is 0 Å². The summed E-state index contributed by atoms with van der Waals surface area (Å²) in [4.78, 5) is 7.57. The van der Waals surface area contributed by atoms with Crippen molar-refractivity contribution in [3.05, 3.63) is 35.9 Å². The topological polar surface area (TPSA) is 71.5 Å². The molecule has 3 N–H and O–H groups in total. The molecule has 0 saturated heterocycles. The summed E-state index contributed by atoms with van der Waals surface area (Å²) in [5.41, 5.74) is 5.65. The van der Waals surface area contributed by atoms with Crippen molar-refractivity contribution in [2.24, 2.45) is 10.7 Å². The van der Waals surface area contributed by atoms with E-state index in [1.165, 1.54) is 24.5 Å². The molecular formula is C9H10FN3O. The zero-order chi connectivity index (χ0) is 10.4. The maximum atomic E-state index is 12.4. The van der Waals surface area contributed by atoms with E-state index in [0.717, 1.165) is 6.20 Å². The zero-order valence-corrected chi connectivity index (χ0v) is 7.39. The maximum Gasteiger partial charge on any atom is 0.151 e. The van der Waals surface area contributed by atoms with Crippen LogP contribution < -0.4 is 5.73 Å². The molecule has 0 saturated carbocycles. The summed E-state index contributed by atoms with van der Waals surface area (Å²) in [5, 5.41) is 8.73. The molecule has 0 aliphatic carbocycles. The molecule has 0 fully saturated rings. The van der Waals surface area contributed by atoms with Crippen LogP contribution in [0.4, 0.5) is 10.2 Å². The van der Waals surface area contributed by atoms with Crippen LogP contribution in [0.15, 0.2) is 35.1 Å². The van der Waals surface area contributed by atoms with E-state index in [4.69, 9.17) is 10.8 Å². The Morgan fingerprint density at radius 3 is 2.93 bits per heavy atom. The van der Waals surface area contributed by atoms with Gasteiger partial charge in [-0.05, 0) is 12.1 Å². The second kappa shape index (κ2) is 5.08. The van der Waals surface area contributed by atoms with E-state index in [0.29, 0.717) is 11.4 Å². The van der Waals surface area contributed by atoms with Gasteiger partial charge in [0.1, 0.15) is 5.82 Å². The Balaban J connectivity index is 2.73. The van der Waals surface area contributed by atoms with Gasteiger partial charge >= 0.3 is 0 Å². The van der Waals surface area contributed by atoms with Gasteiger partial charge in [-0.1, -0.05) is 0 Å².